The van der Waals surface area contributed by atoms with Crippen molar-refractivity contribution in [3.8, 4) is 34.1 Å². The summed E-state index contributed by atoms with van der Waals surface area (Å²) in [4.78, 5) is 12.8. The van der Waals surface area contributed by atoms with Gasteiger partial charge in [0.1, 0.15) is 5.69 Å². The summed E-state index contributed by atoms with van der Waals surface area (Å²) in [5.74, 6) is 0.912. The fraction of sp³-hybridized carbons (Fsp3) is 0.129. The number of aromatic nitrogens is 3. The van der Waals surface area contributed by atoms with E-state index in [0.29, 0.717) is 22.8 Å². The maximum absolute atomic E-state index is 12.8. The molecule has 0 unspecified atom stereocenters. The van der Waals surface area contributed by atoms with Crippen molar-refractivity contribution in [2.75, 3.05) is 14.2 Å². The predicted octanol–water partition coefficient (Wildman–Crippen LogP) is 5.73. The number of benzene rings is 3. The number of rotatable bonds is 8. The lowest BCUT2D eigenvalue weighted by Gasteiger charge is -2.10. The third kappa shape index (κ3) is 5.31. The number of nitrogens with one attached hydrogen (secondary N) is 1. The molecule has 0 saturated carbocycles. The first kappa shape index (κ1) is 25.5. The van der Waals surface area contributed by atoms with Crippen LogP contribution < -0.4 is 14.9 Å². The van der Waals surface area contributed by atoms with Gasteiger partial charge in [-0.15, -0.1) is 0 Å². The number of hydrogen-bond donors (Lipinski definition) is 1. The molecule has 196 valence electrons. The minimum Gasteiger partial charge on any atom is -0.493 e. The number of nitrogens with zero attached hydrogens (tertiary/aromatic N) is 4. The topological polar surface area (TPSA) is 82.7 Å². The summed E-state index contributed by atoms with van der Waals surface area (Å²) in [5.41, 5.74) is 9.54. The van der Waals surface area contributed by atoms with Crippen molar-refractivity contribution in [1.82, 2.24) is 19.8 Å². The van der Waals surface area contributed by atoms with Crippen LogP contribution in [-0.2, 0) is 0 Å². The Morgan fingerprint density at radius 3 is 2.21 bits per heavy atom. The quantitative estimate of drug-likeness (QED) is 0.210. The Labute approximate surface area is 227 Å². The van der Waals surface area contributed by atoms with Gasteiger partial charge in [0.25, 0.3) is 5.91 Å². The second kappa shape index (κ2) is 11.1. The number of amides is 1. The summed E-state index contributed by atoms with van der Waals surface area (Å²) in [7, 11) is 3.19. The van der Waals surface area contributed by atoms with E-state index in [9.17, 15) is 4.79 Å². The fourth-order valence-corrected chi connectivity index (χ4v) is 4.47. The molecule has 0 bridgehead atoms. The molecule has 0 radical (unpaired) electrons. The van der Waals surface area contributed by atoms with Gasteiger partial charge in [0, 0.05) is 40.0 Å². The third-order valence-corrected chi connectivity index (χ3v) is 6.45. The zero-order valence-corrected chi connectivity index (χ0v) is 22.3. The van der Waals surface area contributed by atoms with Gasteiger partial charge in [-0.3, -0.25) is 4.79 Å². The average molecular weight is 520 g/mol. The second-order valence-corrected chi connectivity index (χ2v) is 8.98. The van der Waals surface area contributed by atoms with Gasteiger partial charge in [0.2, 0.25) is 0 Å². The normalized spacial score (nSPS) is 11.1. The highest BCUT2D eigenvalue weighted by molar-refractivity contribution is 5.96. The Morgan fingerprint density at radius 1 is 0.846 bits per heavy atom. The standard InChI is InChI=1S/C31H29N5O3/c1-21-10-11-22(2)36(21)27-15-12-23(13-16-27)31(37)33-32-19-25-20-35(26-8-6-5-7-9-26)34-30(25)24-14-17-28(38-3)29(18-24)39-4/h5-20H,1-4H3,(H,33,37)/b32-19+. The van der Waals surface area contributed by atoms with E-state index in [1.807, 2.05) is 66.9 Å². The van der Waals surface area contributed by atoms with Crippen LogP contribution in [-0.4, -0.2) is 40.7 Å². The van der Waals surface area contributed by atoms with Gasteiger partial charge in [-0.2, -0.15) is 10.2 Å². The van der Waals surface area contributed by atoms with Crippen LogP contribution in [0.4, 0.5) is 0 Å². The molecule has 5 rings (SSSR count). The summed E-state index contributed by atoms with van der Waals surface area (Å²) >= 11 is 0. The summed E-state index contributed by atoms with van der Waals surface area (Å²) in [5, 5.41) is 9.05. The molecule has 1 amide bonds. The molecule has 2 heterocycles. The van der Waals surface area contributed by atoms with E-state index in [-0.39, 0.29) is 5.91 Å². The molecule has 0 aliphatic rings. The molecular formula is C31H29N5O3. The largest absolute Gasteiger partial charge is 0.493 e. The Balaban J connectivity index is 1.40. The molecule has 39 heavy (non-hydrogen) atoms. The van der Waals surface area contributed by atoms with Gasteiger partial charge in [-0.1, -0.05) is 18.2 Å². The Morgan fingerprint density at radius 2 is 1.54 bits per heavy atom. The zero-order chi connectivity index (χ0) is 27.4. The van der Waals surface area contributed by atoms with Gasteiger partial charge in [-0.25, -0.2) is 10.1 Å². The van der Waals surface area contributed by atoms with E-state index in [2.05, 4.69) is 41.1 Å². The van der Waals surface area contributed by atoms with Crippen LogP contribution in [0.15, 0.2) is 96.2 Å². The van der Waals surface area contributed by atoms with E-state index in [1.54, 1.807) is 37.2 Å². The van der Waals surface area contributed by atoms with Crippen molar-refractivity contribution in [1.29, 1.82) is 0 Å². The zero-order valence-electron chi connectivity index (χ0n) is 22.3. The van der Waals surface area contributed by atoms with Crippen LogP contribution in [0.1, 0.15) is 27.3 Å². The monoisotopic (exact) mass is 519 g/mol. The van der Waals surface area contributed by atoms with E-state index >= 15 is 0 Å². The van der Waals surface area contributed by atoms with Crippen molar-refractivity contribution in [2.24, 2.45) is 5.10 Å². The molecule has 3 aromatic carbocycles. The highest BCUT2D eigenvalue weighted by Gasteiger charge is 2.14. The van der Waals surface area contributed by atoms with Crippen LogP contribution in [0.25, 0.3) is 22.6 Å². The van der Waals surface area contributed by atoms with Crippen molar-refractivity contribution in [2.45, 2.75) is 13.8 Å². The highest BCUT2D eigenvalue weighted by atomic mass is 16.5. The molecule has 0 aliphatic carbocycles. The van der Waals surface area contributed by atoms with E-state index in [0.717, 1.165) is 33.9 Å². The van der Waals surface area contributed by atoms with E-state index in [1.165, 1.54) is 0 Å². The summed E-state index contributed by atoms with van der Waals surface area (Å²) < 4.78 is 14.8. The van der Waals surface area contributed by atoms with E-state index < -0.39 is 0 Å². The molecule has 2 aromatic heterocycles. The molecule has 5 aromatic rings. The van der Waals surface area contributed by atoms with E-state index in [4.69, 9.17) is 14.6 Å². The molecule has 0 fully saturated rings. The third-order valence-electron chi connectivity index (χ3n) is 6.45. The van der Waals surface area contributed by atoms with Crippen molar-refractivity contribution < 1.29 is 14.3 Å². The minimum atomic E-state index is -0.304. The summed E-state index contributed by atoms with van der Waals surface area (Å²) in [6.45, 7) is 4.11. The second-order valence-electron chi connectivity index (χ2n) is 8.98. The molecule has 0 atom stereocenters. The molecule has 0 aliphatic heterocycles. The molecule has 8 nitrogen and oxygen atoms in total. The van der Waals surface area contributed by atoms with Crippen LogP contribution in [0.5, 0.6) is 11.5 Å². The predicted molar refractivity (Wildman–Crippen MR) is 152 cm³/mol. The van der Waals surface area contributed by atoms with Crippen molar-refractivity contribution >= 4 is 12.1 Å². The lowest BCUT2D eigenvalue weighted by molar-refractivity contribution is 0.0955. The first-order chi connectivity index (χ1) is 19.0. The van der Waals surface area contributed by atoms with Gasteiger partial charge >= 0.3 is 0 Å². The lowest BCUT2D eigenvalue weighted by atomic mass is 10.1. The molecule has 0 spiro atoms. The van der Waals surface area contributed by atoms with Gasteiger partial charge < -0.3 is 14.0 Å². The van der Waals surface area contributed by atoms with Gasteiger partial charge in [0.05, 0.1) is 26.1 Å². The van der Waals surface area contributed by atoms with Gasteiger partial charge in [0.15, 0.2) is 11.5 Å². The SMILES string of the molecule is COc1ccc(-c2nn(-c3ccccc3)cc2/C=N/NC(=O)c2ccc(-n3c(C)ccc3C)cc2)cc1OC. The van der Waals surface area contributed by atoms with Crippen molar-refractivity contribution in [3.05, 3.63) is 114 Å². The number of carbonyl (C=O) groups excluding carboxylic acids is 1. The number of aryl methyl sites for hydroxylation is 2. The van der Waals surface area contributed by atoms with Gasteiger partial charge in [-0.05, 0) is 80.6 Å². The maximum atomic E-state index is 12.8. The smallest absolute Gasteiger partial charge is 0.271 e. The number of hydrazone groups is 1. The number of ether oxygens (including phenoxy) is 2. The molecule has 8 heteroatoms. The Kier molecular flexibility index (Phi) is 7.27. The van der Waals surface area contributed by atoms with Crippen LogP contribution in [0.3, 0.4) is 0 Å². The number of methoxy groups -OCH3 is 2. The minimum absolute atomic E-state index is 0.304. The summed E-state index contributed by atoms with van der Waals surface area (Å²) in [6, 6.07) is 27.0. The lowest BCUT2D eigenvalue weighted by Crippen LogP contribution is -2.17. The Bertz CT molecular complexity index is 1610. The first-order valence-electron chi connectivity index (χ1n) is 12.4. The first-order valence-corrected chi connectivity index (χ1v) is 12.4. The Hall–Kier alpha value is -5.11. The van der Waals surface area contributed by atoms with Crippen LogP contribution in [0.2, 0.25) is 0 Å². The van der Waals surface area contributed by atoms with Crippen molar-refractivity contribution in [3.63, 3.8) is 0 Å². The van der Waals surface area contributed by atoms with Crippen LogP contribution in [0, 0.1) is 13.8 Å². The number of hydrogen-bond acceptors (Lipinski definition) is 5. The highest BCUT2D eigenvalue weighted by Crippen LogP contribution is 2.33. The summed E-state index contributed by atoms with van der Waals surface area (Å²) in [6.07, 6.45) is 3.46. The molecular weight excluding hydrogens is 490 g/mol. The average Bonchev–Trinajstić information content (AvgIpc) is 3.55. The molecule has 0 saturated heterocycles. The fourth-order valence-electron chi connectivity index (χ4n) is 4.47. The van der Waals surface area contributed by atoms with Crippen LogP contribution >= 0.6 is 0 Å². The maximum Gasteiger partial charge on any atom is 0.271 e. The number of para-hydroxylation sites is 1. The number of carbonyl (C=O) groups is 1. The molecule has 1 N–H and O–H groups in total.